The van der Waals surface area contributed by atoms with Crippen LogP contribution in [0.3, 0.4) is 0 Å². The Labute approximate surface area is 95.9 Å². The molecule has 0 spiro atoms. The highest BCUT2D eigenvalue weighted by Crippen LogP contribution is 2.18. The largest absolute Gasteiger partial charge is 0.366 e. The van der Waals surface area contributed by atoms with Crippen LogP contribution >= 0.6 is 12.4 Å². The average molecular weight is 231 g/mol. The highest BCUT2D eigenvalue weighted by molar-refractivity contribution is 5.85. The van der Waals surface area contributed by atoms with Gasteiger partial charge in [-0.2, -0.15) is 0 Å². The Hall–Kier alpha value is -0.800. The molecule has 15 heavy (non-hydrogen) atoms. The van der Waals surface area contributed by atoms with E-state index in [1.54, 1.807) is 0 Å². The van der Waals surface area contributed by atoms with E-state index in [0.717, 1.165) is 25.3 Å². The summed E-state index contributed by atoms with van der Waals surface area (Å²) in [5, 5.41) is 3.33. The van der Waals surface area contributed by atoms with Gasteiger partial charge in [0.25, 0.3) is 0 Å². The first-order valence-electron chi connectivity index (χ1n) is 5.00. The van der Waals surface area contributed by atoms with Gasteiger partial charge in [0.15, 0.2) is 0 Å². The van der Waals surface area contributed by atoms with Gasteiger partial charge < -0.3 is 10.2 Å². The van der Waals surface area contributed by atoms with Crippen LogP contribution in [0.5, 0.6) is 0 Å². The zero-order valence-electron chi connectivity index (χ0n) is 8.74. The van der Waals surface area contributed by atoms with Crippen LogP contribution in [-0.4, -0.2) is 25.7 Å². The van der Waals surface area contributed by atoms with Crippen molar-refractivity contribution >= 4 is 18.1 Å². The number of nitrogens with zero attached hydrogens (tertiary/aromatic N) is 1. The van der Waals surface area contributed by atoms with E-state index in [-0.39, 0.29) is 18.2 Å². The number of anilines is 1. The molecule has 1 fully saturated rings. The third-order valence-electron chi connectivity index (χ3n) is 2.66. The minimum Gasteiger partial charge on any atom is -0.366 e. The molecule has 0 radical (unpaired) electrons. The van der Waals surface area contributed by atoms with Gasteiger partial charge in [-0.1, -0.05) is 0 Å². The standard InChI is InChI=1S/C11H15FN2.ClH/c1-9-8-13-6-7-14(9)11-4-2-10(12)3-5-11;/h2-5,9,13H,6-8H2,1H3;1H/t9-;/m0./s1. The second kappa shape index (κ2) is 5.33. The highest BCUT2D eigenvalue weighted by Gasteiger charge is 2.17. The summed E-state index contributed by atoms with van der Waals surface area (Å²) >= 11 is 0. The maximum atomic E-state index is 12.7. The zero-order chi connectivity index (χ0) is 9.97. The molecule has 0 saturated carbocycles. The molecule has 1 aliphatic rings. The molecular formula is C11H16ClFN2. The fourth-order valence-electron chi connectivity index (χ4n) is 1.86. The number of benzene rings is 1. The quantitative estimate of drug-likeness (QED) is 0.795. The molecule has 84 valence electrons. The first-order valence-corrected chi connectivity index (χ1v) is 5.00. The Morgan fingerprint density at radius 3 is 2.60 bits per heavy atom. The molecule has 1 heterocycles. The fraction of sp³-hybridized carbons (Fsp3) is 0.455. The SMILES string of the molecule is C[C@H]1CNCCN1c1ccc(F)cc1.Cl. The molecule has 0 amide bonds. The van der Waals surface area contributed by atoms with E-state index in [4.69, 9.17) is 0 Å². The first kappa shape index (κ1) is 12.3. The third kappa shape index (κ3) is 2.83. The van der Waals surface area contributed by atoms with Crippen molar-refractivity contribution in [2.24, 2.45) is 0 Å². The van der Waals surface area contributed by atoms with Gasteiger partial charge in [-0.05, 0) is 31.2 Å². The first-order chi connectivity index (χ1) is 6.77. The molecule has 2 rings (SSSR count). The van der Waals surface area contributed by atoms with E-state index >= 15 is 0 Å². The van der Waals surface area contributed by atoms with E-state index in [2.05, 4.69) is 17.1 Å². The zero-order valence-corrected chi connectivity index (χ0v) is 9.56. The molecule has 0 bridgehead atoms. The predicted octanol–water partition coefficient (Wildman–Crippen LogP) is 2.05. The summed E-state index contributed by atoms with van der Waals surface area (Å²) in [7, 11) is 0. The van der Waals surface area contributed by atoms with Crippen molar-refractivity contribution in [3.05, 3.63) is 30.1 Å². The minimum atomic E-state index is -0.170. The molecular weight excluding hydrogens is 215 g/mol. The molecule has 1 atom stereocenters. The second-order valence-electron chi connectivity index (χ2n) is 3.72. The number of halogens is 2. The molecule has 1 N–H and O–H groups in total. The van der Waals surface area contributed by atoms with Gasteiger partial charge in [0.1, 0.15) is 5.82 Å². The van der Waals surface area contributed by atoms with Gasteiger partial charge in [-0.15, -0.1) is 12.4 Å². The lowest BCUT2D eigenvalue weighted by Gasteiger charge is -2.35. The van der Waals surface area contributed by atoms with Crippen LogP contribution in [0.1, 0.15) is 6.92 Å². The van der Waals surface area contributed by atoms with Crippen LogP contribution in [0.4, 0.5) is 10.1 Å². The van der Waals surface area contributed by atoms with Crippen molar-refractivity contribution in [1.82, 2.24) is 5.32 Å². The number of hydrogen-bond donors (Lipinski definition) is 1. The van der Waals surface area contributed by atoms with Crippen molar-refractivity contribution in [3.63, 3.8) is 0 Å². The average Bonchev–Trinajstić information content (AvgIpc) is 2.20. The van der Waals surface area contributed by atoms with Crippen molar-refractivity contribution < 1.29 is 4.39 Å². The monoisotopic (exact) mass is 230 g/mol. The van der Waals surface area contributed by atoms with Crippen molar-refractivity contribution in [3.8, 4) is 0 Å². The Morgan fingerprint density at radius 2 is 2.00 bits per heavy atom. The lowest BCUT2D eigenvalue weighted by atomic mass is 10.2. The Kier molecular flexibility index (Phi) is 4.36. The normalized spacial score (nSPS) is 20.9. The summed E-state index contributed by atoms with van der Waals surface area (Å²) in [5.41, 5.74) is 1.11. The minimum absolute atomic E-state index is 0. The van der Waals surface area contributed by atoms with Gasteiger partial charge in [-0.25, -0.2) is 4.39 Å². The molecule has 4 heteroatoms. The Balaban J connectivity index is 0.00000112. The van der Waals surface area contributed by atoms with E-state index in [1.165, 1.54) is 12.1 Å². The lowest BCUT2D eigenvalue weighted by Crippen LogP contribution is -2.49. The summed E-state index contributed by atoms with van der Waals surface area (Å²) in [6.45, 7) is 5.17. The number of piperazine rings is 1. The van der Waals surface area contributed by atoms with Crippen LogP contribution in [0.25, 0.3) is 0 Å². The summed E-state index contributed by atoms with van der Waals surface area (Å²) in [5.74, 6) is -0.170. The van der Waals surface area contributed by atoms with E-state index in [1.807, 2.05) is 12.1 Å². The summed E-state index contributed by atoms with van der Waals surface area (Å²) in [6, 6.07) is 7.21. The molecule has 0 aliphatic carbocycles. The summed E-state index contributed by atoms with van der Waals surface area (Å²) < 4.78 is 12.7. The van der Waals surface area contributed by atoms with Crippen LogP contribution in [-0.2, 0) is 0 Å². The van der Waals surface area contributed by atoms with Gasteiger partial charge in [0.2, 0.25) is 0 Å². The number of hydrogen-bond acceptors (Lipinski definition) is 2. The fourth-order valence-corrected chi connectivity index (χ4v) is 1.86. The predicted molar refractivity (Wildman–Crippen MR) is 63.3 cm³/mol. The van der Waals surface area contributed by atoms with E-state index in [0.29, 0.717) is 6.04 Å². The van der Waals surface area contributed by atoms with Crippen LogP contribution in [0, 0.1) is 5.82 Å². The lowest BCUT2D eigenvalue weighted by molar-refractivity contribution is 0.500. The molecule has 1 aromatic rings. The molecule has 2 nitrogen and oxygen atoms in total. The Morgan fingerprint density at radius 1 is 1.33 bits per heavy atom. The number of rotatable bonds is 1. The van der Waals surface area contributed by atoms with Crippen molar-refractivity contribution in [2.75, 3.05) is 24.5 Å². The second-order valence-corrected chi connectivity index (χ2v) is 3.72. The third-order valence-corrected chi connectivity index (χ3v) is 2.66. The molecule has 1 aromatic carbocycles. The van der Waals surface area contributed by atoms with Crippen LogP contribution < -0.4 is 10.2 Å². The van der Waals surface area contributed by atoms with Gasteiger partial charge >= 0.3 is 0 Å². The molecule has 0 unspecified atom stereocenters. The molecule has 0 aromatic heterocycles. The summed E-state index contributed by atoms with van der Waals surface area (Å²) in [6.07, 6.45) is 0. The van der Waals surface area contributed by atoms with Crippen molar-refractivity contribution in [2.45, 2.75) is 13.0 Å². The van der Waals surface area contributed by atoms with Gasteiger partial charge in [-0.3, -0.25) is 0 Å². The molecule has 1 saturated heterocycles. The van der Waals surface area contributed by atoms with E-state index < -0.39 is 0 Å². The van der Waals surface area contributed by atoms with Gasteiger partial charge in [0, 0.05) is 31.4 Å². The van der Waals surface area contributed by atoms with Crippen molar-refractivity contribution in [1.29, 1.82) is 0 Å². The summed E-state index contributed by atoms with van der Waals surface area (Å²) in [4.78, 5) is 2.30. The van der Waals surface area contributed by atoms with Crippen LogP contribution in [0.15, 0.2) is 24.3 Å². The number of nitrogens with one attached hydrogen (secondary N) is 1. The topological polar surface area (TPSA) is 15.3 Å². The van der Waals surface area contributed by atoms with Crippen LogP contribution in [0.2, 0.25) is 0 Å². The smallest absolute Gasteiger partial charge is 0.123 e. The van der Waals surface area contributed by atoms with Gasteiger partial charge in [0.05, 0.1) is 0 Å². The highest BCUT2D eigenvalue weighted by atomic mass is 35.5. The maximum absolute atomic E-state index is 12.7. The van der Waals surface area contributed by atoms with E-state index in [9.17, 15) is 4.39 Å². The Bertz CT molecular complexity index is 302. The maximum Gasteiger partial charge on any atom is 0.123 e. The molecule has 1 aliphatic heterocycles.